The lowest BCUT2D eigenvalue weighted by molar-refractivity contribution is -0.0493. The molecule has 0 bridgehead atoms. The molecule has 2 N–H and O–H groups in total. The number of aromatic nitrogens is 5. The van der Waals surface area contributed by atoms with Gasteiger partial charge in [0.25, 0.3) is 11.8 Å². The number of carbonyl (C=O) groups excluding carboxylic acids is 2. The summed E-state index contributed by atoms with van der Waals surface area (Å²) in [5, 5.41) is 15.0. The van der Waals surface area contributed by atoms with Gasteiger partial charge in [-0.25, -0.2) is 4.68 Å². The third-order valence-corrected chi connectivity index (χ3v) is 3.94. The standard InChI is InChI=1S/C16H12ClF2N7O3/c1-26-16(23-24-25-26)22-13(27)8-5-6-10(29-15(18)19)12(11(8)17)21-14(28)9-4-2-3-7-20-9/h2-7,15H,1H3,(H,21,28)(H,22,23,25,27). The zero-order valence-electron chi connectivity index (χ0n) is 14.6. The molecule has 0 radical (unpaired) electrons. The summed E-state index contributed by atoms with van der Waals surface area (Å²) in [7, 11) is 1.50. The number of hydrogen-bond acceptors (Lipinski definition) is 7. The highest BCUT2D eigenvalue weighted by molar-refractivity contribution is 6.38. The van der Waals surface area contributed by atoms with Crippen LogP contribution in [-0.4, -0.2) is 43.6 Å². The fourth-order valence-corrected chi connectivity index (χ4v) is 2.51. The molecule has 1 aromatic carbocycles. The number of pyridine rings is 1. The number of benzene rings is 1. The Kier molecular flexibility index (Phi) is 5.93. The summed E-state index contributed by atoms with van der Waals surface area (Å²) in [6.45, 7) is -3.18. The first-order valence-corrected chi connectivity index (χ1v) is 8.28. The van der Waals surface area contributed by atoms with Crippen molar-refractivity contribution < 1.29 is 23.1 Å². The first-order valence-electron chi connectivity index (χ1n) is 7.90. The largest absolute Gasteiger partial charge is 0.433 e. The summed E-state index contributed by atoms with van der Waals surface area (Å²) in [6, 6.07) is 6.82. The van der Waals surface area contributed by atoms with Crippen molar-refractivity contribution in [3.63, 3.8) is 0 Å². The Bertz CT molecular complexity index is 1050. The second-order valence-corrected chi connectivity index (χ2v) is 5.81. The first-order chi connectivity index (χ1) is 13.9. The fourth-order valence-electron chi connectivity index (χ4n) is 2.22. The number of carbonyl (C=O) groups is 2. The molecular formula is C16H12ClF2N7O3. The van der Waals surface area contributed by atoms with Gasteiger partial charge in [0, 0.05) is 13.2 Å². The monoisotopic (exact) mass is 423 g/mol. The van der Waals surface area contributed by atoms with Crippen LogP contribution in [0.4, 0.5) is 20.4 Å². The Hall–Kier alpha value is -3.67. The number of nitrogens with zero attached hydrogens (tertiary/aromatic N) is 5. The van der Waals surface area contributed by atoms with Crippen molar-refractivity contribution >= 4 is 35.1 Å². The second-order valence-electron chi connectivity index (χ2n) is 5.43. The molecule has 0 spiro atoms. The normalized spacial score (nSPS) is 10.7. The van der Waals surface area contributed by atoms with E-state index in [2.05, 4.69) is 35.9 Å². The topological polar surface area (TPSA) is 124 Å². The molecule has 0 aliphatic rings. The van der Waals surface area contributed by atoms with Crippen molar-refractivity contribution in [1.29, 1.82) is 0 Å². The van der Waals surface area contributed by atoms with E-state index >= 15 is 0 Å². The van der Waals surface area contributed by atoms with Gasteiger partial charge in [0.05, 0.1) is 10.6 Å². The van der Waals surface area contributed by atoms with Gasteiger partial charge in [0.2, 0.25) is 5.95 Å². The zero-order chi connectivity index (χ0) is 21.0. The Morgan fingerprint density at radius 2 is 1.97 bits per heavy atom. The highest BCUT2D eigenvalue weighted by Crippen LogP contribution is 2.37. The maximum absolute atomic E-state index is 12.8. The summed E-state index contributed by atoms with van der Waals surface area (Å²) in [5.41, 5.74) is -0.439. The summed E-state index contributed by atoms with van der Waals surface area (Å²) in [6.07, 6.45) is 1.38. The van der Waals surface area contributed by atoms with Gasteiger partial charge >= 0.3 is 6.61 Å². The van der Waals surface area contributed by atoms with Crippen molar-refractivity contribution in [2.45, 2.75) is 6.61 Å². The molecule has 2 aromatic heterocycles. The van der Waals surface area contributed by atoms with E-state index in [0.717, 1.165) is 12.1 Å². The van der Waals surface area contributed by atoms with Crippen molar-refractivity contribution in [2.24, 2.45) is 7.05 Å². The third-order valence-electron chi connectivity index (χ3n) is 3.55. The number of tetrazole rings is 1. The predicted molar refractivity (Wildman–Crippen MR) is 97.0 cm³/mol. The highest BCUT2D eigenvalue weighted by atomic mass is 35.5. The van der Waals surface area contributed by atoms with Crippen LogP contribution < -0.4 is 15.4 Å². The average Bonchev–Trinajstić information content (AvgIpc) is 3.09. The van der Waals surface area contributed by atoms with Crippen LogP contribution in [0.15, 0.2) is 36.5 Å². The number of alkyl halides is 2. The second kappa shape index (κ2) is 8.56. The van der Waals surface area contributed by atoms with E-state index in [1.165, 1.54) is 24.0 Å². The van der Waals surface area contributed by atoms with Crippen LogP contribution >= 0.6 is 11.6 Å². The average molecular weight is 424 g/mol. The Labute approximate surface area is 166 Å². The molecule has 13 heteroatoms. The van der Waals surface area contributed by atoms with Gasteiger partial charge in [0.1, 0.15) is 11.4 Å². The van der Waals surface area contributed by atoms with E-state index in [-0.39, 0.29) is 27.9 Å². The van der Waals surface area contributed by atoms with Gasteiger partial charge in [-0.05, 0) is 34.7 Å². The first kappa shape index (κ1) is 20.1. The van der Waals surface area contributed by atoms with Crippen LogP contribution in [0, 0.1) is 0 Å². The van der Waals surface area contributed by atoms with Gasteiger partial charge in [-0.2, -0.15) is 8.78 Å². The highest BCUT2D eigenvalue weighted by Gasteiger charge is 2.23. The molecule has 2 heterocycles. The Morgan fingerprint density at radius 1 is 1.17 bits per heavy atom. The summed E-state index contributed by atoms with van der Waals surface area (Å²) >= 11 is 6.22. The molecule has 10 nitrogen and oxygen atoms in total. The lowest BCUT2D eigenvalue weighted by Crippen LogP contribution is -2.19. The van der Waals surface area contributed by atoms with Crippen LogP contribution in [0.25, 0.3) is 0 Å². The number of aryl methyl sites for hydroxylation is 1. The number of anilines is 2. The number of nitrogens with one attached hydrogen (secondary N) is 2. The smallest absolute Gasteiger partial charge is 0.387 e. The molecule has 0 fully saturated rings. The van der Waals surface area contributed by atoms with E-state index in [1.54, 1.807) is 12.1 Å². The predicted octanol–water partition coefficient (Wildman–Crippen LogP) is 2.36. The molecule has 0 aliphatic carbocycles. The van der Waals surface area contributed by atoms with Crippen LogP contribution in [0.3, 0.4) is 0 Å². The SMILES string of the molecule is Cn1nnnc1NC(=O)c1ccc(OC(F)F)c(NC(=O)c2ccccn2)c1Cl. The van der Waals surface area contributed by atoms with Gasteiger partial charge in [0.15, 0.2) is 5.75 Å². The van der Waals surface area contributed by atoms with Gasteiger partial charge in [-0.15, -0.1) is 0 Å². The van der Waals surface area contributed by atoms with Crippen LogP contribution in [-0.2, 0) is 7.05 Å². The summed E-state index contributed by atoms with van der Waals surface area (Å²) < 4.78 is 31.1. The Balaban J connectivity index is 1.95. The quantitative estimate of drug-likeness (QED) is 0.623. The van der Waals surface area contributed by atoms with Gasteiger partial charge in [-0.1, -0.05) is 22.8 Å². The number of ether oxygens (including phenoxy) is 1. The van der Waals surface area contributed by atoms with E-state index in [9.17, 15) is 18.4 Å². The van der Waals surface area contributed by atoms with Crippen molar-refractivity contribution in [2.75, 3.05) is 10.6 Å². The number of rotatable bonds is 6. The van der Waals surface area contributed by atoms with Crippen LogP contribution in [0.1, 0.15) is 20.8 Å². The van der Waals surface area contributed by atoms with Crippen LogP contribution in [0.2, 0.25) is 5.02 Å². The van der Waals surface area contributed by atoms with E-state index < -0.39 is 24.2 Å². The minimum atomic E-state index is -3.18. The molecule has 3 aromatic rings. The molecule has 0 unspecified atom stereocenters. The molecule has 0 atom stereocenters. The molecule has 150 valence electrons. The molecule has 29 heavy (non-hydrogen) atoms. The maximum Gasteiger partial charge on any atom is 0.387 e. The van der Waals surface area contributed by atoms with E-state index in [1.807, 2.05) is 0 Å². The number of halogens is 3. The summed E-state index contributed by atoms with van der Waals surface area (Å²) in [4.78, 5) is 28.8. The lowest BCUT2D eigenvalue weighted by atomic mass is 10.1. The molecular weight excluding hydrogens is 412 g/mol. The van der Waals surface area contributed by atoms with Crippen molar-refractivity contribution in [1.82, 2.24) is 25.2 Å². The number of amides is 2. The molecule has 0 aliphatic heterocycles. The van der Waals surface area contributed by atoms with Gasteiger partial charge < -0.3 is 10.1 Å². The van der Waals surface area contributed by atoms with Crippen LogP contribution in [0.5, 0.6) is 5.75 Å². The fraction of sp³-hybridized carbons (Fsp3) is 0.125. The summed E-state index contributed by atoms with van der Waals surface area (Å²) in [5.74, 6) is -1.87. The number of hydrogen-bond donors (Lipinski definition) is 2. The minimum absolute atomic E-state index is 0.00609. The molecule has 3 rings (SSSR count). The van der Waals surface area contributed by atoms with Crippen molar-refractivity contribution in [3.05, 3.63) is 52.8 Å². The van der Waals surface area contributed by atoms with E-state index in [0.29, 0.717) is 0 Å². The molecule has 2 amide bonds. The maximum atomic E-state index is 12.8. The molecule has 0 saturated carbocycles. The minimum Gasteiger partial charge on any atom is -0.433 e. The third kappa shape index (κ3) is 4.60. The lowest BCUT2D eigenvalue weighted by Gasteiger charge is -2.15. The van der Waals surface area contributed by atoms with Gasteiger partial charge in [-0.3, -0.25) is 19.9 Å². The molecule has 0 saturated heterocycles. The Morgan fingerprint density at radius 3 is 2.59 bits per heavy atom. The van der Waals surface area contributed by atoms with Crippen molar-refractivity contribution in [3.8, 4) is 5.75 Å². The van der Waals surface area contributed by atoms with E-state index in [4.69, 9.17) is 11.6 Å². The zero-order valence-corrected chi connectivity index (χ0v) is 15.4.